The van der Waals surface area contributed by atoms with Crippen LogP contribution in [-0.4, -0.2) is 35.7 Å². The van der Waals surface area contributed by atoms with Crippen molar-refractivity contribution in [2.24, 2.45) is 0 Å². The molecule has 0 saturated heterocycles. The molecule has 1 unspecified atom stereocenters. The van der Waals surface area contributed by atoms with E-state index in [0.29, 0.717) is 0 Å². The van der Waals surface area contributed by atoms with Crippen molar-refractivity contribution < 1.29 is 5.11 Å². The molecule has 0 bridgehead atoms. The fourth-order valence-corrected chi connectivity index (χ4v) is 1.04. The summed E-state index contributed by atoms with van der Waals surface area (Å²) < 4.78 is 0. The molecule has 0 radical (unpaired) electrons. The van der Waals surface area contributed by atoms with Crippen molar-refractivity contribution >= 4 is 0 Å². The highest BCUT2D eigenvalue weighted by molar-refractivity contribution is 4.95. The number of nitrogens with zero attached hydrogens (tertiary/aromatic N) is 1. The highest BCUT2D eigenvalue weighted by atomic mass is 16.3. The minimum absolute atomic E-state index is 0.190. The molecule has 2 heteroatoms. The van der Waals surface area contributed by atoms with Crippen molar-refractivity contribution in [3.8, 4) is 0 Å². The fourth-order valence-electron chi connectivity index (χ4n) is 1.04. The largest absolute Gasteiger partial charge is 0.392 e. The van der Waals surface area contributed by atoms with Gasteiger partial charge in [0.2, 0.25) is 0 Å². The molecule has 0 aromatic carbocycles. The van der Waals surface area contributed by atoms with Crippen molar-refractivity contribution in [1.82, 2.24) is 4.90 Å². The second kappa shape index (κ2) is 2.99. The Labute approximate surface area is 55.8 Å². The predicted octanol–water partition coefficient (Wildman–Crippen LogP) is 0.239. The van der Waals surface area contributed by atoms with E-state index in [2.05, 4.69) is 17.1 Å². The average molecular weight is 127 g/mol. The van der Waals surface area contributed by atoms with Crippen LogP contribution in [0.25, 0.3) is 0 Å². The molecule has 52 valence electrons. The third kappa shape index (κ3) is 2.16. The minimum Gasteiger partial charge on any atom is -0.392 e. The number of hydrogen-bond acceptors (Lipinski definition) is 2. The Bertz CT molecular complexity index is 101. The SMILES string of the molecule is CC(O)CN1CC=CC1. The quantitative estimate of drug-likeness (QED) is 0.537. The first kappa shape index (κ1) is 6.78. The van der Waals surface area contributed by atoms with Gasteiger partial charge in [0.25, 0.3) is 0 Å². The summed E-state index contributed by atoms with van der Waals surface area (Å²) in [7, 11) is 0. The standard InChI is InChI=1S/C7H13NO/c1-7(9)6-8-4-2-3-5-8/h2-3,7,9H,4-6H2,1H3. The smallest absolute Gasteiger partial charge is 0.0639 e. The summed E-state index contributed by atoms with van der Waals surface area (Å²) in [6.45, 7) is 4.63. The van der Waals surface area contributed by atoms with Crippen molar-refractivity contribution in [2.45, 2.75) is 13.0 Å². The summed E-state index contributed by atoms with van der Waals surface area (Å²) in [4.78, 5) is 2.20. The number of β-amino-alcohol motifs (C(OH)–C–C–N with tert-alkyl or cyclic N) is 1. The van der Waals surface area contributed by atoms with E-state index in [1.807, 2.05) is 6.92 Å². The van der Waals surface area contributed by atoms with Crippen LogP contribution in [-0.2, 0) is 0 Å². The second-order valence-corrected chi connectivity index (χ2v) is 2.54. The van der Waals surface area contributed by atoms with Gasteiger partial charge >= 0.3 is 0 Å². The Hall–Kier alpha value is -0.340. The summed E-state index contributed by atoms with van der Waals surface area (Å²) in [5.74, 6) is 0. The lowest BCUT2D eigenvalue weighted by Gasteiger charge is -2.15. The molecule has 0 aliphatic carbocycles. The van der Waals surface area contributed by atoms with Gasteiger partial charge in [-0.3, -0.25) is 4.90 Å². The molecule has 9 heavy (non-hydrogen) atoms. The zero-order chi connectivity index (χ0) is 6.69. The lowest BCUT2D eigenvalue weighted by molar-refractivity contribution is 0.144. The van der Waals surface area contributed by atoms with E-state index in [-0.39, 0.29) is 6.10 Å². The van der Waals surface area contributed by atoms with E-state index >= 15 is 0 Å². The second-order valence-electron chi connectivity index (χ2n) is 2.54. The molecule has 2 nitrogen and oxygen atoms in total. The van der Waals surface area contributed by atoms with E-state index in [1.54, 1.807) is 0 Å². The van der Waals surface area contributed by atoms with Crippen LogP contribution in [0.4, 0.5) is 0 Å². The summed E-state index contributed by atoms with van der Waals surface area (Å²) in [6.07, 6.45) is 4.06. The maximum atomic E-state index is 8.94. The average Bonchev–Trinajstić information content (AvgIpc) is 2.15. The van der Waals surface area contributed by atoms with E-state index in [1.165, 1.54) is 0 Å². The zero-order valence-corrected chi connectivity index (χ0v) is 5.75. The normalized spacial score (nSPS) is 22.9. The molecule has 0 aromatic heterocycles. The molecule has 1 atom stereocenters. The van der Waals surface area contributed by atoms with Gasteiger partial charge in [-0.05, 0) is 6.92 Å². The van der Waals surface area contributed by atoms with Crippen molar-refractivity contribution in [3.05, 3.63) is 12.2 Å². The van der Waals surface area contributed by atoms with Crippen LogP contribution in [0, 0.1) is 0 Å². The fraction of sp³-hybridized carbons (Fsp3) is 0.714. The number of rotatable bonds is 2. The zero-order valence-electron chi connectivity index (χ0n) is 5.75. The molecule has 0 spiro atoms. The summed E-state index contributed by atoms with van der Waals surface area (Å²) >= 11 is 0. The van der Waals surface area contributed by atoms with Crippen LogP contribution < -0.4 is 0 Å². The Balaban J connectivity index is 2.14. The number of aliphatic hydroxyl groups excluding tert-OH is 1. The summed E-state index contributed by atoms with van der Waals surface area (Å²) in [5, 5.41) is 8.94. The van der Waals surface area contributed by atoms with Crippen LogP contribution in [0.3, 0.4) is 0 Å². The third-order valence-corrected chi connectivity index (χ3v) is 1.42. The Morgan fingerprint density at radius 1 is 1.56 bits per heavy atom. The molecule has 0 saturated carbocycles. The van der Waals surface area contributed by atoms with Gasteiger partial charge in [-0.25, -0.2) is 0 Å². The molecule has 1 aliphatic rings. The van der Waals surface area contributed by atoms with E-state index in [9.17, 15) is 0 Å². The third-order valence-electron chi connectivity index (χ3n) is 1.42. The maximum absolute atomic E-state index is 8.94. The van der Waals surface area contributed by atoms with Crippen LogP contribution in [0.1, 0.15) is 6.92 Å². The number of aliphatic hydroxyl groups is 1. The van der Waals surface area contributed by atoms with Crippen molar-refractivity contribution in [2.75, 3.05) is 19.6 Å². The van der Waals surface area contributed by atoms with Gasteiger partial charge in [-0.2, -0.15) is 0 Å². The van der Waals surface area contributed by atoms with Crippen LogP contribution in [0.2, 0.25) is 0 Å². The van der Waals surface area contributed by atoms with Gasteiger partial charge in [0.05, 0.1) is 6.10 Å². The first-order valence-electron chi connectivity index (χ1n) is 3.34. The van der Waals surface area contributed by atoms with Crippen LogP contribution in [0.15, 0.2) is 12.2 Å². The summed E-state index contributed by atoms with van der Waals surface area (Å²) in [5.41, 5.74) is 0. The number of hydrogen-bond donors (Lipinski definition) is 1. The van der Waals surface area contributed by atoms with Gasteiger partial charge < -0.3 is 5.11 Å². The predicted molar refractivity (Wildman–Crippen MR) is 37.3 cm³/mol. The van der Waals surface area contributed by atoms with Gasteiger partial charge in [0, 0.05) is 19.6 Å². The Morgan fingerprint density at radius 2 is 2.11 bits per heavy atom. The first-order chi connectivity index (χ1) is 4.29. The minimum atomic E-state index is -0.190. The van der Waals surface area contributed by atoms with Crippen molar-refractivity contribution in [3.63, 3.8) is 0 Å². The molecule has 0 aromatic rings. The molecule has 0 amide bonds. The topological polar surface area (TPSA) is 23.5 Å². The first-order valence-corrected chi connectivity index (χ1v) is 3.34. The maximum Gasteiger partial charge on any atom is 0.0639 e. The molecule has 1 rings (SSSR count). The van der Waals surface area contributed by atoms with Crippen LogP contribution in [0.5, 0.6) is 0 Å². The van der Waals surface area contributed by atoms with Crippen LogP contribution >= 0.6 is 0 Å². The Morgan fingerprint density at radius 3 is 2.56 bits per heavy atom. The molecule has 1 aliphatic heterocycles. The summed E-state index contributed by atoms with van der Waals surface area (Å²) in [6, 6.07) is 0. The van der Waals surface area contributed by atoms with Crippen molar-refractivity contribution in [1.29, 1.82) is 0 Å². The molecule has 0 fully saturated rings. The Kier molecular flexibility index (Phi) is 2.25. The van der Waals surface area contributed by atoms with E-state index in [0.717, 1.165) is 19.6 Å². The van der Waals surface area contributed by atoms with Gasteiger partial charge in [-0.15, -0.1) is 0 Å². The van der Waals surface area contributed by atoms with E-state index in [4.69, 9.17) is 5.11 Å². The van der Waals surface area contributed by atoms with E-state index < -0.39 is 0 Å². The lowest BCUT2D eigenvalue weighted by atomic mass is 10.4. The highest BCUT2D eigenvalue weighted by Crippen LogP contribution is 1.98. The highest BCUT2D eigenvalue weighted by Gasteiger charge is 2.07. The molecule has 1 heterocycles. The molecular weight excluding hydrogens is 114 g/mol. The monoisotopic (exact) mass is 127 g/mol. The molecular formula is C7H13NO. The van der Waals surface area contributed by atoms with Gasteiger partial charge in [0.15, 0.2) is 0 Å². The van der Waals surface area contributed by atoms with Gasteiger partial charge in [0.1, 0.15) is 0 Å². The molecule has 1 N–H and O–H groups in total. The lowest BCUT2D eigenvalue weighted by Crippen LogP contribution is -2.28. The van der Waals surface area contributed by atoms with Gasteiger partial charge in [-0.1, -0.05) is 12.2 Å².